The molecule has 1 saturated heterocycles. The van der Waals surface area contributed by atoms with Crippen LogP contribution >= 0.6 is 0 Å². The van der Waals surface area contributed by atoms with Gasteiger partial charge in [0, 0.05) is 25.2 Å². The number of aromatic amines is 1. The van der Waals surface area contributed by atoms with E-state index in [1.165, 1.54) is 4.31 Å². The first-order chi connectivity index (χ1) is 16.9. The number of carbonyl (C=O) groups excluding carboxylic acids is 1. The Labute approximate surface area is 205 Å². The highest BCUT2D eigenvalue weighted by atomic mass is 32.2. The van der Waals surface area contributed by atoms with Crippen LogP contribution in [-0.2, 0) is 21.4 Å². The Bertz CT molecular complexity index is 1450. The van der Waals surface area contributed by atoms with Crippen molar-refractivity contribution in [2.45, 2.75) is 31.2 Å². The van der Waals surface area contributed by atoms with Crippen molar-refractivity contribution in [2.75, 3.05) is 13.1 Å². The van der Waals surface area contributed by atoms with E-state index in [0.717, 1.165) is 16.7 Å². The molecule has 180 valence electrons. The summed E-state index contributed by atoms with van der Waals surface area (Å²) in [6, 6.07) is 22.6. The van der Waals surface area contributed by atoms with Crippen LogP contribution < -0.4 is 5.32 Å². The van der Waals surface area contributed by atoms with Crippen LogP contribution in [0.3, 0.4) is 0 Å². The fourth-order valence-electron chi connectivity index (χ4n) is 4.45. The molecule has 35 heavy (non-hydrogen) atoms. The number of aryl methyl sites for hydroxylation is 1. The third kappa shape index (κ3) is 4.99. The fourth-order valence-corrected chi connectivity index (χ4v) is 6.00. The Morgan fingerprint density at radius 2 is 1.86 bits per heavy atom. The molecule has 0 bridgehead atoms. The number of piperidine rings is 1. The Kier molecular flexibility index (Phi) is 6.40. The van der Waals surface area contributed by atoms with Crippen molar-refractivity contribution in [1.29, 1.82) is 0 Å². The second kappa shape index (κ2) is 9.64. The van der Waals surface area contributed by atoms with Gasteiger partial charge in [0.2, 0.25) is 15.9 Å². The normalized spacial score (nSPS) is 16.9. The number of amides is 1. The first kappa shape index (κ1) is 23.3. The molecule has 1 atom stereocenters. The van der Waals surface area contributed by atoms with Crippen molar-refractivity contribution in [3.63, 3.8) is 0 Å². The number of aromatic nitrogens is 2. The predicted molar refractivity (Wildman–Crippen MR) is 136 cm³/mol. The average molecular weight is 489 g/mol. The van der Waals surface area contributed by atoms with Crippen LogP contribution in [0.4, 0.5) is 0 Å². The maximum Gasteiger partial charge on any atom is 0.243 e. The first-order valence-electron chi connectivity index (χ1n) is 11.8. The number of H-pyrrole nitrogens is 1. The van der Waals surface area contributed by atoms with Gasteiger partial charge in [-0.3, -0.25) is 4.79 Å². The minimum absolute atomic E-state index is 0.109. The number of sulfonamides is 1. The molecule has 1 aliphatic heterocycles. The molecule has 1 amide bonds. The van der Waals surface area contributed by atoms with E-state index in [2.05, 4.69) is 15.3 Å². The lowest BCUT2D eigenvalue weighted by molar-refractivity contribution is -0.126. The highest BCUT2D eigenvalue weighted by molar-refractivity contribution is 7.89. The molecule has 5 rings (SSSR count). The summed E-state index contributed by atoms with van der Waals surface area (Å²) in [5, 5.41) is 2.97. The van der Waals surface area contributed by atoms with E-state index in [1.807, 2.05) is 61.5 Å². The van der Waals surface area contributed by atoms with Crippen molar-refractivity contribution in [1.82, 2.24) is 19.6 Å². The standard InChI is InChI=1S/C27H28N4O3S/c1-19-9-11-20(12-10-19)17-28-27(32)22-8-5-15-31(18-22)35(33,34)23-13-14-24-25(16-23)30-26(29-24)21-6-3-2-4-7-21/h2-4,6-7,9-14,16,22H,5,8,15,17-18H2,1H3,(H,28,32)(H,29,30)/t22-/m1/s1. The van der Waals surface area contributed by atoms with Crippen LogP contribution in [0, 0.1) is 12.8 Å². The smallest absolute Gasteiger partial charge is 0.243 e. The van der Waals surface area contributed by atoms with Crippen LogP contribution in [0.5, 0.6) is 0 Å². The van der Waals surface area contributed by atoms with Gasteiger partial charge in [0.1, 0.15) is 5.82 Å². The van der Waals surface area contributed by atoms with E-state index in [1.54, 1.807) is 18.2 Å². The average Bonchev–Trinajstić information content (AvgIpc) is 3.32. The van der Waals surface area contributed by atoms with E-state index in [4.69, 9.17) is 0 Å². The molecule has 0 radical (unpaired) electrons. The molecule has 1 aliphatic rings. The largest absolute Gasteiger partial charge is 0.352 e. The predicted octanol–water partition coefficient (Wildman–Crippen LogP) is 4.26. The number of imidazole rings is 1. The summed E-state index contributed by atoms with van der Waals surface area (Å²) in [6.07, 6.45) is 1.32. The fraction of sp³-hybridized carbons (Fsp3) is 0.259. The number of nitrogens with one attached hydrogen (secondary N) is 2. The van der Waals surface area contributed by atoms with Crippen LogP contribution in [0.2, 0.25) is 0 Å². The van der Waals surface area contributed by atoms with Gasteiger partial charge in [-0.15, -0.1) is 0 Å². The van der Waals surface area contributed by atoms with E-state index in [0.29, 0.717) is 42.8 Å². The van der Waals surface area contributed by atoms with Crippen LogP contribution in [0.15, 0.2) is 77.7 Å². The molecule has 8 heteroatoms. The molecular formula is C27H28N4O3S. The van der Waals surface area contributed by atoms with Gasteiger partial charge in [0.15, 0.2) is 0 Å². The molecule has 1 fully saturated rings. The monoisotopic (exact) mass is 488 g/mol. The molecule has 0 aliphatic carbocycles. The number of nitrogens with zero attached hydrogens (tertiary/aromatic N) is 2. The molecule has 3 aromatic carbocycles. The molecule has 0 saturated carbocycles. The summed E-state index contributed by atoms with van der Waals surface area (Å²) in [4.78, 5) is 20.8. The zero-order valence-electron chi connectivity index (χ0n) is 19.6. The highest BCUT2D eigenvalue weighted by Crippen LogP contribution is 2.27. The minimum Gasteiger partial charge on any atom is -0.352 e. The van der Waals surface area contributed by atoms with Gasteiger partial charge >= 0.3 is 0 Å². The molecule has 2 heterocycles. The van der Waals surface area contributed by atoms with Gasteiger partial charge in [-0.05, 0) is 43.5 Å². The molecule has 0 spiro atoms. The van der Waals surface area contributed by atoms with Crippen molar-refractivity contribution < 1.29 is 13.2 Å². The summed E-state index contributed by atoms with van der Waals surface area (Å²) in [5.74, 6) is 0.213. The van der Waals surface area contributed by atoms with Crippen LogP contribution in [0.1, 0.15) is 24.0 Å². The lowest BCUT2D eigenvalue weighted by atomic mass is 9.98. The number of hydrogen-bond donors (Lipinski definition) is 2. The van der Waals surface area contributed by atoms with E-state index < -0.39 is 10.0 Å². The minimum atomic E-state index is -3.74. The molecular weight excluding hydrogens is 460 g/mol. The van der Waals surface area contributed by atoms with Crippen LogP contribution in [0.25, 0.3) is 22.4 Å². The number of benzene rings is 3. The maximum absolute atomic E-state index is 13.4. The number of hydrogen-bond acceptors (Lipinski definition) is 4. The van der Waals surface area contributed by atoms with Gasteiger partial charge < -0.3 is 10.3 Å². The quantitative estimate of drug-likeness (QED) is 0.424. The van der Waals surface area contributed by atoms with Gasteiger partial charge in [-0.2, -0.15) is 4.31 Å². The number of fused-ring (bicyclic) bond motifs is 1. The summed E-state index contributed by atoms with van der Waals surface area (Å²) < 4.78 is 28.3. The van der Waals surface area contributed by atoms with Gasteiger partial charge in [-0.25, -0.2) is 13.4 Å². The number of rotatable bonds is 6. The first-order valence-corrected chi connectivity index (χ1v) is 13.2. The number of carbonyl (C=O) groups is 1. The third-order valence-electron chi connectivity index (χ3n) is 6.48. The Morgan fingerprint density at radius 3 is 2.63 bits per heavy atom. The topological polar surface area (TPSA) is 95.2 Å². The molecule has 4 aromatic rings. The van der Waals surface area contributed by atoms with E-state index in [-0.39, 0.29) is 23.3 Å². The van der Waals surface area contributed by atoms with Crippen molar-refractivity contribution in [2.24, 2.45) is 5.92 Å². The van der Waals surface area contributed by atoms with Gasteiger partial charge in [-0.1, -0.05) is 60.2 Å². The Balaban J connectivity index is 1.30. The van der Waals surface area contributed by atoms with Gasteiger partial charge in [0.25, 0.3) is 0 Å². The molecule has 7 nitrogen and oxygen atoms in total. The van der Waals surface area contributed by atoms with E-state index >= 15 is 0 Å². The Morgan fingerprint density at radius 1 is 1.09 bits per heavy atom. The summed E-state index contributed by atoms with van der Waals surface area (Å²) >= 11 is 0. The summed E-state index contributed by atoms with van der Waals surface area (Å²) in [7, 11) is -3.74. The van der Waals surface area contributed by atoms with Crippen molar-refractivity contribution in [3.8, 4) is 11.4 Å². The lowest BCUT2D eigenvalue weighted by Gasteiger charge is -2.31. The zero-order chi connectivity index (χ0) is 24.4. The SMILES string of the molecule is Cc1ccc(CNC(=O)[C@@H]2CCCN(S(=O)(=O)c3ccc4nc(-c5ccccc5)[nH]c4c3)C2)cc1. The zero-order valence-corrected chi connectivity index (χ0v) is 20.4. The third-order valence-corrected chi connectivity index (χ3v) is 8.34. The van der Waals surface area contributed by atoms with Gasteiger partial charge in [0.05, 0.1) is 21.8 Å². The van der Waals surface area contributed by atoms with Crippen LogP contribution in [-0.4, -0.2) is 41.7 Å². The maximum atomic E-state index is 13.4. The van der Waals surface area contributed by atoms with Crippen molar-refractivity contribution >= 4 is 27.0 Å². The highest BCUT2D eigenvalue weighted by Gasteiger charge is 2.33. The second-order valence-corrected chi connectivity index (χ2v) is 11.0. The molecule has 1 aromatic heterocycles. The second-order valence-electron chi connectivity index (χ2n) is 9.04. The molecule has 2 N–H and O–H groups in total. The van der Waals surface area contributed by atoms with E-state index in [9.17, 15) is 13.2 Å². The van der Waals surface area contributed by atoms with Crippen molar-refractivity contribution in [3.05, 3.63) is 83.9 Å². The summed E-state index contributed by atoms with van der Waals surface area (Å²) in [5.41, 5.74) is 4.48. The molecule has 0 unspecified atom stereocenters. The lowest BCUT2D eigenvalue weighted by Crippen LogP contribution is -2.45. The summed E-state index contributed by atoms with van der Waals surface area (Å²) in [6.45, 7) is 3.03. The Hall–Kier alpha value is -3.49.